The quantitative estimate of drug-likeness (QED) is 0.750. The summed E-state index contributed by atoms with van der Waals surface area (Å²) in [6.07, 6.45) is 3.43. The Kier molecular flexibility index (Phi) is 3.20. The van der Waals surface area contributed by atoms with E-state index < -0.39 is 0 Å². The number of nitrogens with zero attached hydrogens (tertiary/aromatic N) is 3. The summed E-state index contributed by atoms with van der Waals surface area (Å²) >= 11 is 6.07. The third-order valence-corrected chi connectivity index (χ3v) is 3.17. The van der Waals surface area contributed by atoms with Crippen molar-refractivity contribution in [3.8, 4) is 17.1 Å². The molecule has 0 radical (unpaired) electrons. The summed E-state index contributed by atoms with van der Waals surface area (Å²) in [5.74, 6) is 1.41. The van der Waals surface area contributed by atoms with E-state index in [1.807, 2.05) is 19.2 Å². The van der Waals surface area contributed by atoms with Crippen LogP contribution in [0.15, 0.2) is 37.1 Å². The largest absolute Gasteiger partial charge is 0.489 e. The van der Waals surface area contributed by atoms with Gasteiger partial charge in [0.05, 0.1) is 11.8 Å². The number of ether oxygens (including phenoxy) is 1. The Labute approximate surface area is 120 Å². The molecule has 0 aliphatic carbocycles. The number of fused-ring (bicyclic) bond motifs is 1. The van der Waals surface area contributed by atoms with E-state index in [1.54, 1.807) is 23.0 Å². The standard InChI is InChI=1S/C14H13ClN4O/c1-3-6-20-12-5-4-9(15)7-10(12)13-17-11-8-16-19(2)14(11)18-13/h3-5,7-8H,1,6H2,2H3,(H,17,18). The number of benzene rings is 1. The highest BCUT2D eigenvalue weighted by atomic mass is 35.5. The number of hydrogen-bond donors (Lipinski definition) is 1. The number of hydrogen-bond acceptors (Lipinski definition) is 3. The Hall–Kier alpha value is -2.27. The average Bonchev–Trinajstić information content (AvgIpc) is 3.00. The zero-order chi connectivity index (χ0) is 14.1. The van der Waals surface area contributed by atoms with Crippen LogP contribution in [0.2, 0.25) is 5.02 Å². The topological polar surface area (TPSA) is 55.7 Å². The van der Waals surface area contributed by atoms with Crippen molar-refractivity contribution >= 4 is 22.8 Å². The molecule has 0 fully saturated rings. The third-order valence-electron chi connectivity index (χ3n) is 2.93. The van der Waals surface area contributed by atoms with Gasteiger partial charge < -0.3 is 9.72 Å². The number of imidazole rings is 1. The molecule has 20 heavy (non-hydrogen) atoms. The van der Waals surface area contributed by atoms with Crippen molar-refractivity contribution in [2.24, 2.45) is 7.05 Å². The van der Waals surface area contributed by atoms with Crippen molar-refractivity contribution in [3.05, 3.63) is 42.1 Å². The minimum absolute atomic E-state index is 0.427. The predicted molar refractivity (Wildman–Crippen MR) is 79.0 cm³/mol. The lowest BCUT2D eigenvalue weighted by Gasteiger charge is -2.08. The lowest BCUT2D eigenvalue weighted by atomic mass is 10.2. The molecule has 0 bridgehead atoms. The van der Waals surface area contributed by atoms with E-state index >= 15 is 0 Å². The highest BCUT2D eigenvalue weighted by molar-refractivity contribution is 6.30. The van der Waals surface area contributed by atoms with Crippen molar-refractivity contribution in [2.45, 2.75) is 0 Å². The lowest BCUT2D eigenvalue weighted by Crippen LogP contribution is -1.96. The fourth-order valence-corrected chi connectivity index (χ4v) is 2.17. The second-order valence-corrected chi connectivity index (χ2v) is 4.77. The summed E-state index contributed by atoms with van der Waals surface area (Å²) in [6, 6.07) is 5.44. The second-order valence-electron chi connectivity index (χ2n) is 4.33. The van der Waals surface area contributed by atoms with Crippen LogP contribution in [0.3, 0.4) is 0 Å². The fourth-order valence-electron chi connectivity index (χ4n) is 2.00. The Morgan fingerprint density at radius 1 is 1.50 bits per heavy atom. The van der Waals surface area contributed by atoms with Crippen LogP contribution >= 0.6 is 11.6 Å². The van der Waals surface area contributed by atoms with E-state index in [-0.39, 0.29) is 0 Å². The molecule has 6 heteroatoms. The van der Waals surface area contributed by atoms with Gasteiger partial charge in [0.15, 0.2) is 5.65 Å². The molecule has 102 valence electrons. The number of aromatic amines is 1. The zero-order valence-electron chi connectivity index (χ0n) is 10.9. The minimum Gasteiger partial charge on any atom is -0.489 e. The van der Waals surface area contributed by atoms with Crippen molar-refractivity contribution in [2.75, 3.05) is 6.61 Å². The third kappa shape index (κ3) is 2.16. The summed E-state index contributed by atoms with van der Waals surface area (Å²) in [4.78, 5) is 7.75. The number of rotatable bonds is 4. The molecule has 5 nitrogen and oxygen atoms in total. The second kappa shape index (κ2) is 5.02. The number of nitrogens with one attached hydrogen (secondary N) is 1. The molecular weight excluding hydrogens is 276 g/mol. The molecule has 0 saturated heterocycles. The first-order valence-corrected chi connectivity index (χ1v) is 6.48. The molecule has 0 spiro atoms. The van der Waals surface area contributed by atoms with Gasteiger partial charge in [-0.15, -0.1) is 0 Å². The summed E-state index contributed by atoms with van der Waals surface area (Å²) in [5.41, 5.74) is 2.47. The van der Waals surface area contributed by atoms with Gasteiger partial charge in [0.1, 0.15) is 23.7 Å². The fraction of sp³-hybridized carbons (Fsp3) is 0.143. The Bertz CT molecular complexity index is 775. The zero-order valence-corrected chi connectivity index (χ0v) is 11.7. The molecule has 1 N–H and O–H groups in total. The number of aromatic nitrogens is 4. The smallest absolute Gasteiger partial charge is 0.176 e. The molecule has 3 rings (SSSR count). The van der Waals surface area contributed by atoms with Gasteiger partial charge in [-0.25, -0.2) is 9.67 Å². The summed E-state index contributed by atoms with van der Waals surface area (Å²) in [6.45, 7) is 4.07. The van der Waals surface area contributed by atoms with Crippen LogP contribution < -0.4 is 4.74 Å². The van der Waals surface area contributed by atoms with Crippen molar-refractivity contribution in [1.82, 2.24) is 19.7 Å². The Morgan fingerprint density at radius 3 is 3.10 bits per heavy atom. The molecule has 3 aromatic rings. The van der Waals surface area contributed by atoms with Crippen LogP contribution in [0.4, 0.5) is 0 Å². The monoisotopic (exact) mass is 288 g/mol. The molecule has 2 heterocycles. The van der Waals surface area contributed by atoms with E-state index in [1.165, 1.54) is 0 Å². The van der Waals surface area contributed by atoms with Gasteiger partial charge in [-0.2, -0.15) is 5.10 Å². The SMILES string of the molecule is C=CCOc1ccc(Cl)cc1-c1nc2c(cnn2C)[nH]1. The van der Waals surface area contributed by atoms with Gasteiger partial charge in [0.2, 0.25) is 0 Å². The number of aryl methyl sites for hydroxylation is 1. The van der Waals surface area contributed by atoms with Crippen LogP contribution in [0.1, 0.15) is 0 Å². The van der Waals surface area contributed by atoms with Crippen molar-refractivity contribution in [1.29, 1.82) is 0 Å². The Balaban J connectivity index is 2.11. The highest BCUT2D eigenvalue weighted by Gasteiger charge is 2.13. The van der Waals surface area contributed by atoms with E-state index in [4.69, 9.17) is 16.3 Å². The number of halogens is 1. The molecule has 0 aliphatic heterocycles. The molecule has 1 aromatic carbocycles. The van der Waals surface area contributed by atoms with Gasteiger partial charge in [-0.05, 0) is 18.2 Å². The first-order valence-electron chi connectivity index (χ1n) is 6.10. The molecule has 0 atom stereocenters. The van der Waals surface area contributed by atoms with Crippen LogP contribution in [-0.4, -0.2) is 26.4 Å². The van der Waals surface area contributed by atoms with Crippen molar-refractivity contribution in [3.63, 3.8) is 0 Å². The van der Waals surface area contributed by atoms with Crippen LogP contribution in [0, 0.1) is 0 Å². The first kappa shape index (κ1) is 12.7. The van der Waals surface area contributed by atoms with Gasteiger partial charge in [0.25, 0.3) is 0 Å². The molecule has 0 saturated carbocycles. The van der Waals surface area contributed by atoms with Gasteiger partial charge in [-0.3, -0.25) is 0 Å². The van der Waals surface area contributed by atoms with Gasteiger partial charge in [0, 0.05) is 12.1 Å². The highest BCUT2D eigenvalue weighted by Crippen LogP contribution is 2.32. The maximum atomic E-state index is 6.07. The summed E-state index contributed by atoms with van der Waals surface area (Å²) < 4.78 is 7.35. The van der Waals surface area contributed by atoms with Crippen LogP contribution in [-0.2, 0) is 7.05 Å². The number of H-pyrrole nitrogens is 1. The average molecular weight is 289 g/mol. The maximum absolute atomic E-state index is 6.07. The van der Waals surface area contributed by atoms with Gasteiger partial charge in [-0.1, -0.05) is 24.3 Å². The van der Waals surface area contributed by atoms with Crippen LogP contribution in [0.5, 0.6) is 5.75 Å². The molecule has 0 amide bonds. The van der Waals surface area contributed by atoms with E-state index in [0.717, 1.165) is 16.7 Å². The predicted octanol–water partition coefficient (Wildman–Crippen LogP) is 3.18. The molecular formula is C14H13ClN4O. The van der Waals surface area contributed by atoms with Crippen LogP contribution in [0.25, 0.3) is 22.6 Å². The van der Waals surface area contributed by atoms with Crippen molar-refractivity contribution < 1.29 is 4.74 Å². The summed E-state index contributed by atoms with van der Waals surface area (Å²) in [7, 11) is 1.85. The molecule has 2 aromatic heterocycles. The van der Waals surface area contributed by atoms with Gasteiger partial charge >= 0.3 is 0 Å². The molecule has 0 unspecified atom stereocenters. The minimum atomic E-state index is 0.427. The summed E-state index contributed by atoms with van der Waals surface area (Å²) in [5, 5.41) is 4.76. The first-order chi connectivity index (χ1) is 9.69. The Morgan fingerprint density at radius 2 is 2.35 bits per heavy atom. The van der Waals surface area contributed by atoms with E-state index in [2.05, 4.69) is 21.6 Å². The van der Waals surface area contributed by atoms with E-state index in [9.17, 15) is 0 Å². The lowest BCUT2D eigenvalue weighted by molar-refractivity contribution is 0.364. The normalized spacial score (nSPS) is 10.9. The molecule has 0 aliphatic rings. The maximum Gasteiger partial charge on any atom is 0.176 e. The van der Waals surface area contributed by atoms with E-state index in [0.29, 0.717) is 23.2 Å².